The number of aliphatic hydroxyl groups is 1. The first-order chi connectivity index (χ1) is 5.21. The Morgan fingerprint density at radius 2 is 2.36 bits per heavy atom. The first kappa shape index (κ1) is 7.25. The second-order valence-electron chi connectivity index (χ2n) is 3.46. The van der Waals surface area contributed by atoms with Crippen LogP contribution in [0.15, 0.2) is 0 Å². The van der Waals surface area contributed by atoms with Gasteiger partial charge in [-0.2, -0.15) is 0 Å². The lowest BCUT2D eigenvalue weighted by Crippen LogP contribution is -2.43. The third-order valence-corrected chi connectivity index (χ3v) is 2.70. The zero-order valence-corrected chi connectivity index (χ0v) is 6.38. The van der Waals surface area contributed by atoms with Crippen molar-refractivity contribution >= 4 is 5.78 Å². The van der Waals surface area contributed by atoms with Crippen LogP contribution < -0.4 is 0 Å². The van der Waals surface area contributed by atoms with Crippen molar-refractivity contribution < 1.29 is 14.6 Å². The molecule has 0 bridgehead atoms. The molecule has 11 heavy (non-hydrogen) atoms. The van der Waals surface area contributed by atoms with Gasteiger partial charge >= 0.3 is 0 Å². The molecule has 2 rings (SSSR count). The number of hydrogen-bond acceptors (Lipinski definition) is 3. The molecule has 0 aromatic carbocycles. The highest BCUT2D eigenvalue weighted by atomic mass is 16.5. The molecule has 1 heterocycles. The van der Waals surface area contributed by atoms with Crippen LogP contribution in [0.3, 0.4) is 0 Å². The number of carbonyl (C=O) groups is 1. The number of hydrogen-bond donors (Lipinski definition) is 1. The van der Waals surface area contributed by atoms with E-state index in [1.165, 1.54) is 0 Å². The zero-order chi connectivity index (χ0) is 7.90. The predicted molar refractivity (Wildman–Crippen MR) is 38.2 cm³/mol. The maximum absolute atomic E-state index is 11.0. The van der Waals surface area contributed by atoms with Gasteiger partial charge in [-0.3, -0.25) is 4.79 Å². The van der Waals surface area contributed by atoms with Crippen molar-refractivity contribution in [1.82, 2.24) is 0 Å². The highest BCUT2D eigenvalue weighted by Gasteiger charge is 2.46. The third-order valence-electron chi connectivity index (χ3n) is 2.70. The van der Waals surface area contributed by atoms with E-state index in [9.17, 15) is 9.90 Å². The quantitative estimate of drug-likeness (QED) is 0.547. The molecule has 3 heteroatoms. The molecule has 1 aliphatic heterocycles. The molecule has 62 valence electrons. The van der Waals surface area contributed by atoms with Crippen LogP contribution in [0.25, 0.3) is 0 Å². The van der Waals surface area contributed by atoms with Gasteiger partial charge in [0.25, 0.3) is 0 Å². The van der Waals surface area contributed by atoms with Crippen LogP contribution in [-0.4, -0.2) is 29.2 Å². The summed E-state index contributed by atoms with van der Waals surface area (Å²) < 4.78 is 5.26. The Balaban J connectivity index is 2.14. The zero-order valence-electron chi connectivity index (χ0n) is 6.38. The number of Topliss-reactive ketones (excluding diaryl/α,β-unsaturated/α-hetero) is 1. The summed E-state index contributed by atoms with van der Waals surface area (Å²) in [6.07, 6.45) is 2.03. The molecule has 1 N–H and O–H groups in total. The van der Waals surface area contributed by atoms with E-state index < -0.39 is 5.60 Å². The van der Waals surface area contributed by atoms with Gasteiger partial charge in [0.1, 0.15) is 5.78 Å². The minimum atomic E-state index is -0.673. The van der Waals surface area contributed by atoms with Crippen molar-refractivity contribution in [2.75, 3.05) is 6.61 Å². The van der Waals surface area contributed by atoms with Gasteiger partial charge in [-0.1, -0.05) is 0 Å². The van der Waals surface area contributed by atoms with E-state index in [-0.39, 0.29) is 11.9 Å². The number of ketones is 1. The van der Waals surface area contributed by atoms with Crippen molar-refractivity contribution in [3.05, 3.63) is 0 Å². The van der Waals surface area contributed by atoms with E-state index in [0.717, 1.165) is 0 Å². The van der Waals surface area contributed by atoms with Gasteiger partial charge in [-0.05, 0) is 6.42 Å². The van der Waals surface area contributed by atoms with Gasteiger partial charge < -0.3 is 9.84 Å². The number of carbonyl (C=O) groups excluding carboxylic acids is 1. The highest BCUT2D eigenvalue weighted by molar-refractivity contribution is 5.80. The highest BCUT2D eigenvalue weighted by Crippen LogP contribution is 2.36. The molecular weight excluding hydrogens is 144 g/mol. The molecule has 1 aliphatic carbocycles. The molecule has 2 fully saturated rings. The first-order valence-electron chi connectivity index (χ1n) is 4.06. The Bertz CT molecular complexity index is 190. The molecule has 0 radical (unpaired) electrons. The minimum Gasteiger partial charge on any atom is -0.387 e. The molecule has 0 spiro atoms. The van der Waals surface area contributed by atoms with Gasteiger partial charge in [-0.15, -0.1) is 0 Å². The van der Waals surface area contributed by atoms with Crippen molar-refractivity contribution in [2.24, 2.45) is 0 Å². The normalized spacial score (nSPS) is 44.1. The molecule has 3 nitrogen and oxygen atoms in total. The fourth-order valence-electron chi connectivity index (χ4n) is 1.89. The Morgan fingerprint density at radius 3 is 3.18 bits per heavy atom. The fourth-order valence-corrected chi connectivity index (χ4v) is 1.89. The van der Waals surface area contributed by atoms with Crippen molar-refractivity contribution in [3.8, 4) is 0 Å². The lowest BCUT2D eigenvalue weighted by atomic mass is 9.81. The summed E-state index contributed by atoms with van der Waals surface area (Å²) in [6, 6.07) is 0. The van der Waals surface area contributed by atoms with Crippen molar-refractivity contribution in [3.63, 3.8) is 0 Å². The summed E-state index contributed by atoms with van der Waals surface area (Å²) in [4.78, 5) is 11.0. The van der Waals surface area contributed by atoms with Crippen molar-refractivity contribution in [2.45, 2.75) is 37.4 Å². The molecular formula is C8H12O3. The van der Waals surface area contributed by atoms with E-state index in [1.807, 2.05) is 0 Å². The second-order valence-corrected chi connectivity index (χ2v) is 3.46. The molecule has 2 aliphatic rings. The Kier molecular flexibility index (Phi) is 1.51. The lowest BCUT2D eigenvalue weighted by molar-refractivity contribution is -0.133. The summed E-state index contributed by atoms with van der Waals surface area (Å²) in [5, 5.41) is 9.85. The topological polar surface area (TPSA) is 46.5 Å². The molecule has 0 aromatic rings. The summed E-state index contributed by atoms with van der Waals surface area (Å²) in [7, 11) is 0. The largest absolute Gasteiger partial charge is 0.387 e. The summed E-state index contributed by atoms with van der Waals surface area (Å²) in [6.45, 7) is 0.606. The van der Waals surface area contributed by atoms with E-state index in [4.69, 9.17) is 4.74 Å². The van der Waals surface area contributed by atoms with Gasteiger partial charge in [0, 0.05) is 25.9 Å². The molecule has 1 saturated carbocycles. The predicted octanol–water partition coefficient (Wildman–Crippen LogP) is 0.259. The van der Waals surface area contributed by atoms with E-state index >= 15 is 0 Å². The van der Waals surface area contributed by atoms with E-state index in [0.29, 0.717) is 32.3 Å². The second kappa shape index (κ2) is 2.29. The lowest BCUT2D eigenvalue weighted by Gasteiger charge is -2.31. The molecule has 0 unspecified atom stereocenters. The summed E-state index contributed by atoms with van der Waals surface area (Å²) in [5.74, 6) is 0.224. The van der Waals surface area contributed by atoms with Gasteiger partial charge in [0.15, 0.2) is 0 Å². The van der Waals surface area contributed by atoms with Crippen LogP contribution in [0.4, 0.5) is 0 Å². The van der Waals surface area contributed by atoms with Crippen LogP contribution in [0.5, 0.6) is 0 Å². The molecule has 0 amide bonds. The number of ether oxygens (including phenoxy) is 1. The van der Waals surface area contributed by atoms with E-state index in [2.05, 4.69) is 0 Å². The Morgan fingerprint density at radius 1 is 1.55 bits per heavy atom. The minimum absolute atomic E-state index is 0.205. The van der Waals surface area contributed by atoms with Gasteiger partial charge in [0.2, 0.25) is 0 Å². The number of rotatable bonds is 0. The maximum Gasteiger partial charge on any atom is 0.135 e. The van der Waals surface area contributed by atoms with Gasteiger partial charge in [-0.25, -0.2) is 0 Å². The third kappa shape index (κ3) is 1.08. The average molecular weight is 156 g/mol. The molecule has 0 aromatic heterocycles. The summed E-state index contributed by atoms with van der Waals surface area (Å²) in [5.41, 5.74) is -0.673. The monoisotopic (exact) mass is 156 g/mol. The van der Waals surface area contributed by atoms with Crippen molar-refractivity contribution in [1.29, 1.82) is 0 Å². The Hall–Kier alpha value is -0.410. The Labute approximate surface area is 65.4 Å². The van der Waals surface area contributed by atoms with Gasteiger partial charge in [0.05, 0.1) is 11.7 Å². The number of fused-ring (bicyclic) bond motifs is 1. The molecule has 2 atom stereocenters. The molecule has 1 saturated heterocycles. The van der Waals surface area contributed by atoms with Crippen LogP contribution >= 0.6 is 0 Å². The van der Waals surface area contributed by atoms with Crippen LogP contribution in [0.2, 0.25) is 0 Å². The maximum atomic E-state index is 11.0. The fraction of sp³-hybridized carbons (Fsp3) is 0.875. The van der Waals surface area contributed by atoms with Crippen LogP contribution in [-0.2, 0) is 9.53 Å². The average Bonchev–Trinajstić information content (AvgIpc) is 2.31. The summed E-state index contributed by atoms with van der Waals surface area (Å²) >= 11 is 0. The van der Waals surface area contributed by atoms with Crippen LogP contribution in [0, 0.1) is 0 Å². The smallest absolute Gasteiger partial charge is 0.135 e. The standard InChI is InChI=1S/C8H12O3/c9-6-1-2-8(10)3-4-11-7(8)5-6/h7,10H,1-5H2/t7-,8+/m1/s1. The van der Waals surface area contributed by atoms with E-state index in [1.54, 1.807) is 0 Å². The SMILES string of the molecule is O=C1CC[C@]2(O)CCO[C@@H]2C1. The first-order valence-corrected chi connectivity index (χ1v) is 4.06. The van der Waals surface area contributed by atoms with Crippen LogP contribution in [0.1, 0.15) is 25.7 Å².